The smallest absolute Gasteiger partial charge is 0.311 e. The van der Waals surface area contributed by atoms with E-state index in [1.165, 1.54) is 11.8 Å². The molecule has 4 aliphatic rings. The molecule has 1 aromatic heterocycles. The second kappa shape index (κ2) is 7.78. The zero-order valence-electron chi connectivity index (χ0n) is 18.3. The Balaban J connectivity index is 1.26. The van der Waals surface area contributed by atoms with Crippen molar-refractivity contribution >= 4 is 11.9 Å². The van der Waals surface area contributed by atoms with Gasteiger partial charge >= 0.3 is 5.97 Å². The summed E-state index contributed by atoms with van der Waals surface area (Å²) < 4.78 is 11.0. The minimum atomic E-state index is -0.578. The predicted octanol–water partition coefficient (Wildman–Crippen LogP) is 2.32. The number of allylic oxidation sites excluding steroid dienone is 1. The van der Waals surface area contributed by atoms with Crippen LogP contribution >= 0.6 is 0 Å². The van der Waals surface area contributed by atoms with Crippen molar-refractivity contribution in [2.45, 2.75) is 45.3 Å². The minimum Gasteiger partial charge on any atom is -0.461 e. The van der Waals surface area contributed by atoms with E-state index in [4.69, 9.17) is 9.15 Å². The fourth-order valence-corrected chi connectivity index (χ4v) is 6.24. The van der Waals surface area contributed by atoms with Crippen LogP contribution in [-0.4, -0.2) is 71.7 Å². The van der Waals surface area contributed by atoms with Crippen LogP contribution < -0.4 is 0 Å². The molecule has 5 rings (SSSR count). The van der Waals surface area contributed by atoms with Gasteiger partial charge in [0.15, 0.2) is 5.76 Å². The highest BCUT2D eigenvalue weighted by Crippen LogP contribution is 2.56. The monoisotopic (exact) mass is 428 g/mol. The van der Waals surface area contributed by atoms with Crippen LogP contribution in [0.3, 0.4) is 0 Å². The van der Waals surface area contributed by atoms with Gasteiger partial charge in [0.05, 0.1) is 18.3 Å². The van der Waals surface area contributed by atoms with Crippen molar-refractivity contribution in [3.05, 3.63) is 35.8 Å². The summed E-state index contributed by atoms with van der Waals surface area (Å²) in [6, 6.07) is 3.40. The van der Waals surface area contributed by atoms with Crippen molar-refractivity contribution < 1.29 is 23.8 Å². The zero-order valence-corrected chi connectivity index (χ0v) is 18.3. The third kappa shape index (κ3) is 3.33. The summed E-state index contributed by atoms with van der Waals surface area (Å²) in [6.45, 7) is 7.55. The highest BCUT2D eigenvalue weighted by atomic mass is 16.6. The summed E-state index contributed by atoms with van der Waals surface area (Å²) in [5.41, 5.74) is 0.985. The number of hydrogen-bond acceptors (Lipinski definition) is 6. The Kier molecular flexibility index (Phi) is 5.21. The van der Waals surface area contributed by atoms with Crippen LogP contribution in [-0.2, 0) is 9.53 Å². The number of piperazine rings is 1. The molecule has 6 atom stereocenters. The Labute approximate surface area is 183 Å². The Hall–Kier alpha value is -2.12. The standard InChI is InChI=1S/C24H32N2O5/c1-15-5-3-6-16-13-19-20(21(27)24(15,16)2)17(23(29)31-19)14-25-8-10-26(11-9-25)22(28)18-7-4-12-30-18/h4,6-7,12,15,17,19-21,27H,3,5,8-11,13-14H2,1-2H3/t15-,17+,19+,20-,21+,24+/m0/s1. The van der Waals surface area contributed by atoms with Gasteiger partial charge in [-0.05, 0) is 30.9 Å². The molecule has 1 aromatic rings. The lowest BCUT2D eigenvalue weighted by Crippen LogP contribution is -2.55. The minimum absolute atomic E-state index is 0.0915. The van der Waals surface area contributed by atoms with E-state index in [-0.39, 0.29) is 35.2 Å². The molecule has 0 bridgehead atoms. The third-order valence-corrected chi connectivity index (χ3v) is 8.42. The van der Waals surface area contributed by atoms with E-state index in [0.29, 0.717) is 44.4 Å². The van der Waals surface area contributed by atoms with Crippen molar-refractivity contribution in [1.82, 2.24) is 9.80 Å². The second-order valence-corrected chi connectivity index (χ2v) is 9.87. The van der Waals surface area contributed by atoms with Gasteiger partial charge in [0, 0.05) is 50.5 Å². The summed E-state index contributed by atoms with van der Waals surface area (Å²) in [4.78, 5) is 29.3. The molecule has 3 heterocycles. The molecule has 1 saturated carbocycles. The lowest BCUT2D eigenvalue weighted by Gasteiger charge is -2.52. The molecule has 2 saturated heterocycles. The molecule has 31 heavy (non-hydrogen) atoms. The fourth-order valence-electron chi connectivity index (χ4n) is 6.24. The number of hydrogen-bond donors (Lipinski definition) is 1. The highest BCUT2D eigenvalue weighted by molar-refractivity contribution is 5.91. The van der Waals surface area contributed by atoms with Crippen LogP contribution in [0, 0.1) is 23.2 Å². The number of furan rings is 1. The molecule has 1 amide bonds. The van der Waals surface area contributed by atoms with Crippen molar-refractivity contribution in [3.63, 3.8) is 0 Å². The number of carbonyl (C=O) groups excluding carboxylic acids is 2. The van der Waals surface area contributed by atoms with Gasteiger partial charge in [-0.15, -0.1) is 0 Å². The van der Waals surface area contributed by atoms with E-state index in [1.54, 1.807) is 17.0 Å². The SMILES string of the molecule is C[C@H]1CCC=C2C[C@H]3OC(=O)[C@H](CN4CCN(C(=O)c5ccco5)CC4)[C@@H]3[C@@H](O)[C@@]21C. The van der Waals surface area contributed by atoms with Gasteiger partial charge in [-0.3, -0.25) is 14.5 Å². The molecule has 0 unspecified atom stereocenters. The molecule has 168 valence electrons. The topological polar surface area (TPSA) is 83.2 Å². The van der Waals surface area contributed by atoms with Crippen molar-refractivity contribution in [1.29, 1.82) is 0 Å². The molecule has 2 aliphatic carbocycles. The van der Waals surface area contributed by atoms with E-state index in [1.807, 2.05) is 0 Å². The average molecular weight is 429 g/mol. The van der Waals surface area contributed by atoms with Gasteiger partial charge in [-0.1, -0.05) is 25.5 Å². The maximum atomic E-state index is 12.8. The first-order valence-corrected chi connectivity index (χ1v) is 11.5. The number of aliphatic hydroxyl groups is 1. The summed E-state index contributed by atoms with van der Waals surface area (Å²) in [5, 5.41) is 11.5. The average Bonchev–Trinajstić information content (AvgIpc) is 3.39. The molecule has 7 nitrogen and oxygen atoms in total. The normalized spacial score (nSPS) is 38.3. The number of aliphatic hydroxyl groups excluding tert-OH is 1. The largest absolute Gasteiger partial charge is 0.461 e. The van der Waals surface area contributed by atoms with Gasteiger partial charge in [-0.2, -0.15) is 0 Å². The molecular formula is C24H32N2O5. The molecule has 2 aliphatic heterocycles. The van der Waals surface area contributed by atoms with Crippen molar-refractivity contribution in [2.75, 3.05) is 32.7 Å². The Morgan fingerprint density at radius 3 is 2.77 bits per heavy atom. The summed E-state index contributed by atoms with van der Waals surface area (Å²) in [5.74, 6) is -0.0154. The number of ether oxygens (including phenoxy) is 1. The van der Waals surface area contributed by atoms with Crippen LogP contribution in [0.1, 0.15) is 43.7 Å². The van der Waals surface area contributed by atoms with Crippen LogP contribution in [0.2, 0.25) is 0 Å². The quantitative estimate of drug-likeness (QED) is 0.588. The zero-order chi connectivity index (χ0) is 21.8. The predicted molar refractivity (Wildman–Crippen MR) is 113 cm³/mol. The number of carbonyl (C=O) groups is 2. The van der Waals surface area contributed by atoms with Crippen LogP contribution in [0.15, 0.2) is 34.5 Å². The second-order valence-electron chi connectivity index (χ2n) is 9.87. The Bertz CT molecular complexity index is 873. The molecule has 1 N–H and O–H groups in total. The number of esters is 1. The van der Waals surface area contributed by atoms with Gasteiger partial charge in [0.2, 0.25) is 0 Å². The van der Waals surface area contributed by atoms with Crippen molar-refractivity contribution in [3.8, 4) is 0 Å². The summed E-state index contributed by atoms with van der Waals surface area (Å²) >= 11 is 0. The molecular weight excluding hydrogens is 396 g/mol. The summed E-state index contributed by atoms with van der Waals surface area (Å²) in [7, 11) is 0. The van der Waals surface area contributed by atoms with Crippen molar-refractivity contribution in [2.24, 2.45) is 23.2 Å². The number of nitrogens with zero attached hydrogens (tertiary/aromatic N) is 2. The number of rotatable bonds is 3. The van der Waals surface area contributed by atoms with E-state index in [9.17, 15) is 14.7 Å². The van der Waals surface area contributed by atoms with E-state index in [2.05, 4.69) is 24.8 Å². The first-order valence-electron chi connectivity index (χ1n) is 11.5. The Morgan fingerprint density at radius 1 is 1.29 bits per heavy atom. The van der Waals surface area contributed by atoms with E-state index in [0.717, 1.165) is 19.3 Å². The first kappa shape index (κ1) is 20.8. The van der Waals surface area contributed by atoms with Gasteiger partial charge in [-0.25, -0.2) is 0 Å². The molecule has 0 aromatic carbocycles. The fraction of sp³-hybridized carbons (Fsp3) is 0.667. The lowest BCUT2D eigenvalue weighted by molar-refractivity contribution is -0.145. The molecule has 0 radical (unpaired) electrons. The number of fused-ring (bicyclic) bond motifs is 2. The number of amides is 1. The van der Waals surface area contributed by atoms with Gasteiger partial charge in [0.25, 0.3) is 5.91 Å². The van der Waals surface area contributed by atoms with Crippen LogP contribution in [0.5, 0.6) is 0 Å². The maximum absolute atomic E-state index is 12.8. The molecule has 3 fully saturated rings. The van der Waals surface area contributed by atoms with Crippen LogP contribution in [0.4, 0.5) is 0 Å². The van der Waals surface area contributed by atoms with Gasteiger partial charge < -0.3 is 19.2 Å². The highest BCUT2D eigenvalue weighted by Gasteiger charge is 2.59. The maximum Gasteiger partial charge on any atom is 0.311 e. The lowest BCUT2D eigenvalue weighted by atomic mass is 9.55. The summed E-state index contributed by atoms with van der Waals surface area (Å²) in [6.07, 6.45) is 5.82. The molecule has 7 heteroatoms. The van der Waals surface area contributed by atoms with E-state index >= 15 is 0 Å². The van der Waals surface area contributed by atoms with E-state index < -0.39 is 6.10 Å². The molecule has 0 spiro atoms. The third-order valence-electron chi connectivity index (χ3n) is 8.42. The first-order chi connectivity index (χ1) is 14.9. The Morgan fingerprint density at radius 2 is 2.06 bits per heavy atom. The van der Waals surface area contributed by atoms with Gasteiger partial charge in [0.1, 0.15) is 6.10 Å². The van der Waals surface area contributed by atoms with Crippen LogP contribution in [0.25, 0.3) is 0 Å².